The van der Waals surface area contributed by atoms with Gasteiger partial charge < -0.3 is 33.8 Å². The maximum Gasteiger partial charge on any atom is 0.320 e. The van der Waals surface area contributed by atoms with Crippen LogP contribution in [0.1, 0.15) is 95.0 Å². The molecule has 7 heterocycles. The van der Waals surface area contributed by atoms with E-state index in [-0.39, 0.29) is 48.0 Å². The molecule has 15 nitrogen and oxygen atoms in total. The highest BCUT2D eigenvalue weighted by atomic mass is 32.1. The van der Waals surface area contributed by atoms with Crippen LogP contribution >= 0.6 is 11.3 Å². The summed E-state index contributed by atoms with van der Waals surface area (Å²) in [4.78, 5) is 71.8. The zero-order chi connectivity index (χ0) is 48.9. The van der Waals surface area contributed by atoms with Crippen LogP contribution in [-0.2, 0) is 36.8 Å². The maximum atomic E-state index is 15.1. The minimum absolute atomic E-state index is 0.0902. The number of Topliss-reactive ketones (excluding diaryl/α,β-unsaturated/α-hetero) is 1. The van der Waals surface area contributed by atoms with Gasteiger partial charge in [-0.25, -0.2) is 19.6 Å². The molecule has 1 aliphatic carbocycles. The van der Waals surface area contributed by atoms with Gasteiger partial charge in [-0.15, -0.1) is 11.3 Å². The molecule has 3 saturated heterocycles. The first-order chi connectivity index (χ1) is 33.1. The summed E-state index contributed by atoms with van der Waals surface area (Å²) in [6, 6.07) is 8.75. The van der Waals surface area contributed by atoms with Gasteiger partial charge in [-0.1, -0.05) is 33.8 Å². The number of fused-ring (bicyclic) bond motifs is 8. The van der Waals surface area contributed by atoms with Gasteiger partial charge >= 0.3 is 6.03 Å². The lowest BCUT2D eigenvalue weighted by Crippen LogP contribution is -2.63. The molecule has 0 saturated carbocycles. The fraction of sp³-hybridized carbons (Fsp3) is 0.577. The number of aromatic nitrogens is 3. The molecule has 4 aromatic rings. The molecule has 5 aliphatic rings. The molecule has 9 rings (SSSR count). The van der Waals surface area contributed by atoms with Crippen LogP contribution in [-0.4, -0.2) is 142 Å². The number of urea groups is 1. The molecule has 6 atom stereocenters. The van der Waals surface area contributed by atoms with E-state index in [2.05, 4.69) is 55.0 Å². The number of aryl methyl sites for hydroxylation is 2. The fourth-order valence-electron chi connectivity index (χ4n) is 11.9. The third kappa shape index (κ3) is 9.02. The lowest BCUT2D eigenvalue weighted by atomic mass is 9.67. The summed E-state index contributed by atoms with van der Waals surface area (Å²) in [5, 5.41) is 17.2. The lowest BCUT2D eigenvalue weighted by Gasteiger charge is -2.54. The molecule has 69 heavy (non-hydrogen) atoms. The number of hydrogen-bond acceptors (Lipinski definition) is 11. The number of methoxy groups -OCH3 is 1. The number of likely N-dealkylation sites (N-methyl/N-ethyl adjacent to an activating group) is 1. The summed E-state index contributed by atoms with van der Waals surface area (Å²) in [7, 11) is 3.37. The van der Waals surface area contributed by atoms with E-state index in [0.717, 1.165) is 56.2 Å². The normalized spacial score (nSPS) is 25.0. The van der Waals surface area contributed by atoms with Crippen LogP contribution in [0.3, 0.4) is 0 Å². The summed E-state index contributed by atoms with van der Waals surface area (Å²) in [6.07, 6.45) is 5.66. The molecule has 370 valence electrons. The molecule has 2 N–H and O–H groups in total. The molecule has 3 aromatic heterocycles. The molecule has 17 heteroatoms. The van der Waals surface area contributed by atoms with E-state index in [9.17, 15) is 23.9 Å². The number of halogens is 1. The molecule has 6 bridgehead atoms. The predicted molar refractivity (Wildman–Crippen MR) is 262 cm³/mol. The number of rotatable bonds is 8. The summed E-state index contributed by atoms with van der Waals surface area (Å²) < 4.78 is 27.8. The standard InChI is InChI=1S/C52H67FN8O7S/c1-8-60-38-17-15-32-26-35(38)41-42(47(67-7)43-33(45(41)60)12-10-22-54-43)51(4,5)30-68-49(65)36-13-11-23-61(56-36)48(64)34(16-18-39-55-37(32)27-69-39)46(63)44(31(2)3)57(6)50(66)58-24-19-52(20-25-58)28-59(29-52)40(62)14-9-21-53/h9-10,12,14-15,17,22,26-27,31,34,36,42,44,47,49,56,65H,8,11,13,16,18-21,23-25,28-30H2,1-7H3/b14-9+/t34-,36-,42?,44-,47-,49?/m0/s1. The number of piperidine rings is 1. The number of allylic oxidation sites excluding steroid dienone is 1. The molecule has 4 amide bonds. The third-order valence-electron chi connectivity index (χ3n) is 15.5. The van der Waals surface area contributed by atoms with Gasteiger partial charge in [0.2, 0.25) is 11.8 Å². The first-order valence-corrected chi connectivity index (χ1v) is 25.5. The van der Waals surface area contributed by atoms with Crippen LogP contribution in [0.4, 0.5) is 9.18 Å². The van der Waals surface area contributed by atoms with Crippen LogP contribution < -0.4 is 5.43 Å². The Kier molecular flexibility index (Phi) is 13.9. The van der Waals surface area contributed by atoms with Crippen molar-refractivity contribution in [1.82, 2.24) is 39.7 Å². The number of hydrazine groups is 1. The SMILES string of the molecule is CCn1c2c3c4cc(ccc41)-c1csc(n1)CC[C@@H](C(=O)[C@H](C(C)C)N(C)C(=O)N1CCC4(CC1)CN(C(=O)/C=C/CF)C4)C(=O)N1CCC[C@H](N1)C(O)OCC(C)(C)C3[C@H](OC)c1ncccc1-2. The lowest BCUT2D eigenvalue weighted by molar-refractivity contribution is -0.169. The number of thiazole rings is 1. The highest BCUT2D eigenvalue weighted by Gasteiger charge is 2.50. The molecule has 3 fully saturated rings. The summed E-state index contributed by atoms with van der Waals surface area (Å²) in [5.41, 5.74) is 9.53. The number of carbonyl (C=O) groups excluding carboxylic acids is 4. The maximum absolute atomic E-state index is 15.1. The number of nitrogens with one attached hydrogen (secondary N) is 1. The van der Waals surface area contributed by atoms with Crippen molar-refractivity contribution in [3.63, 3.8) is 0 Å². The average Bonchev–Trinajstić information content (AvgIpc) is 3.95. The van der Waals surface area contributed by atoms with Gasteiger partial charge in [-0.3, -0.25) is 24.4 Å². The van der Waals surface area contributed by atoms with Crippen LogP contribution in [0.5, 0.6) is 0 Å². The van der Waals surface area contributed by atoms with E-state index in [1.807, 2.05) is 31.5 Å². The number of ether oxygens (including phenoxy) is 2. The van der Waals surface area contributed by atoms with Gasteiger partial charge in [0.25, 0.3) is 0 Å². The Morgan fingerprint density at radius 2 is 1.88 bits per heavy atom. The van der Waals surface area contributed by atoms with Crippen molar-refractivity contribution >= 4 is 45.9 Å². The van der Waals surface area contributed by atoms with Gasteiger partial charge in [0.05, 0.1) is 40.8 Å². The van der Waals surface area contributed by atoms with Gasteiger partial charge in [0.1, 0.15) is 18.7 Å². The van der Waals surface area contributed by atoms with Crippen molar-refractivity contribution in [3.05, 3.63) is 70.3 Å². The first-order valence-electron chi connectivity index (χ1n) is 24.6. The van der Waals surface area contributed by atoms with Crippen molar-refractivity contribution in [2.45, 2.75) is 110 Å². The number of hydrogen-bond donors (Lipinski definition) is 2. The van der Waals surface area contributed by atoms with E-state index in [0.29, 0.717) is 64.8 Å². The molecular weight excluding hydrogens is 900 g/mol. The number of alkyl halides is 1. The van der Waals surface area contributed by atoms with Crippen molar-refractivity contribution < 1.29 is 38.1 Å². The molecule has 1 aromatic carbocycles. The van der Waals surface area contributed by atoms with E-state index in [1.54, 1.807) is 24.0 Å². The van der Waals surface area contributed by atoms with E-state index in [4.69, 9.17) is 19.4 Å². The highest BCUT2D eigenvalue weighted by Crippen LogP contribution is 2.57. The number of benzene rings is 1. The quantitative estimate of drug-likeness (QED) is 0.137. The number of aliphatic hydroxyl groups is 1. The van der Waals surface area contributed by atoms with Crippen molar-refractivity contribution in [2.24, 2.45) is 22.7 Å². The second-order valence-electron chi connectivity index (χ2n) is 20.8. The number of pyridine rings is 1. The largest absolute Gasteiger partial charge is 0.374 e. The topological polar surface area (TPSA) is 163 Å². The minimum atomic E-state index is -1.28. The number of nitrogens with zero attached hydrogens (tertiary/aromatic N) is 7. The number of amides is 4. The monoisotopic (exact) mass is 966 g/mol. The number of aliphatic hydroxyl groups excluding tert-OH is 1. The molecular formula is C52H67FN8O7S. The zero-order valence-corrected chi connectivity index (χ0v) is 41.8. The number of carbonyl (C=O) groups is 4. The Bertz CT molecular complexity index is 2610. The predicted octanol–water partition coefficient (Wildman–Crippen LogP) is 7.15. The summed E-state index contributed by atoms with van der Waals surface area (Å²) in [5.74, 6) is -2.62. The molecule has 2 unspecified atom stereocenters. The molecule has 4 aliphatic heterocycles. The van der Waals surface area contributed by atoms with Crippen LogP contribution in [0, 0.1) is 22.7 Å². The smallest absolute Gasteiger partial charge is 0.320 e. The van der Waals surface area contributed by atoms with Crippen molar-refractivity contribution in [3.8, 4) is 22.5 Å². The Balaban J connectivity index is 1.02. The zero-order valence-electron chi connectivity index (χ0n) is 41.0. The van der Waals surface area contributed by atoms with E-state index >= 15 is 4.79 Å². The summed E-state index contributed by atoms with van der Waals surface area (Å²) >= 11 is 1.50. The highest BCUT2D eigenvalue weighted by molar-refractivity contribution is 7.09. The van der Waals surface area contributed by atoms with Crippen LogP contribution in [0.25, 0.3) is 33.4 Å². The minimum Gasteiger partial charge on any atom is -0.374 e. The van der Waals surface area contributed by atoms with Crippen LogP contribution in [0.15, 0.2) is 54.1 Å². The Labute approximate surface area is 408 Å². The third-order valence-corrected chi connectivity index (χ3v) is 16.4. The number of ketones is 1. The first kappa shape index (κ1) is 48.9. The van der Waals surface area contributed by atoms with E-state index < -0.39 is 48.4 Å². The van der Waals surface area contributed by atoms with Gasteiger partial charge in [0.15, 0.2) is 12.1 Å². The fourth-order valence-corrected chi connectivity index (χ4v) is 12.8. The number of likely N-dealkylation sites (tertiary alicyclic amines) is 2. The molecule has 1 spiro atoms. The van der Waals surface area contributed by atoms with Crippen LogP contribution in [0.2, 0.25) is 0 Å². The second-order valence-corrected chi connectivity index (χ2v) is 21.7. The van der Waals surface area contributed by atoms with Crippen molar-refractivity contribution in [2.75, 3.05) is 60.2 Å². The average molecular weight is 967 g/mol. The van der Waals surface area contributed by atoms with Gasteiger partial charge in [-0.2, -0.15) is 0 Å². The van der Waals surface area contributed by atoms with E-state index in [1.165, 1.54) is 33.4 Å². The Morgan fingerprint density at radius 3 is 2.59 bits per heavy atom. The Hall–Kier alpha value is -5.07. The van der Waals surface area contributed by atoms with Crippen molar-refractivity contribution in [1.29, 1.82) is 0 Å². The summed E-state index contributed by atoms with van der Waals surface area (Å²) in [6.45, 7) is 12.8. The van der Waals surface area contributed by atoms with Gasteiger partial charge in [-0.05, 0) is 86.3 Å². The molecule has 0 radical (unpaired) electrons. The van der Waals surface area contributed by atoms with Gasteiger partial charge in [0, 0.05) is 111 Å². The Morgan fingerprint density at radius 1 is 1.12 bits per heavy atom. The second kappa shape index (κ2) is 19.6.